The first-order chi connectivity index (χ1) is 25.5. The SMILES string of the molecule is CCn1cc(NC(=O)Nc2nnc(-c3cn(CCF)c4c(F)c(N5CCN(C)CC5)c(F)cc4c3=O)s2)c(=O)c2cc(F)c(N3CCN(C)CC3)nc21. The fourth-order valence-electron chi connectivity index (χ4n) is 6.70. The standard InChI is InChI=1S/C34H37F4N11O3S/c1-4-46-18-24(29(51)20-16-23(37)31(40-30(20)46)48-13-9-45(3)10-14-48)39-33(52)41-34-43-42-32(53-34)21-17-49(6-5-35)26-19(28(21)50)15-22(36)27(25(26)38)47-11-7-44(2)8-12-47/h15-18H,4-14H2,1-3H3,(H2,39,41,43,52). The highest BCUT2D eigenvalue weighted by Gasteiger charge is 2.27. The van der Waals surface area contributed by atoms with Crippen LogP contribution in [0, 0.1) is 17.5 Å². The van der Waals surface area contributed by atoms with E-state index in [9.17, 15) is 18.8 Å². The zero-order valence-corrected chi connectivity index (χ0v) is 30.1. The van der Waals surface area contributed by atoms with Gasteiger partial charge in [-0.25, -0.2) is 27.3 Å². The molecule has 2 fully saturated rings. The summed E-state index contributed by atoms with van der Waals surface area (Å²) < 4.78 is 63.4. The molecule has 53 heavy (non-hydrogen) atoms. The highest BCUT2D eigenvalue weighted by atomic mass is 32.1. The zero-order valence-electron chi connectivity index (χ0n) is 29.3. The van der Waals surface area contributed by atoms with E-state index in [1.807, 2.05) is 30.8 Å². The fourth-order valence-corrected chi connectivity index (χ4v) is 7.44. The summed E-state index contributed by atoms with van der Waals surface area (Å²) in [6.07, 6.45) is 2.66. The van der Waals surface area contributed by atoms with E-state index in [2.05, 4.69) is 30.7 Å². The van der Waals surface area contributed by atoms with E-state index in [0.29, 0.717) is 45.8 Å². The van der Waals surface area contributed by atoms with Gasteiger partial charge < -0.3 is 34.1 Å². The number of benzene rings is 1. The number of hydrogen-bond donors (Lipinski definition) is 2. The van der Waals surface area contributed by atoms with Crippen LogP contribution in [0.1, 0.15) is 6.92 Å². The molecule has 19 heteroatoms. The van der Waals surface area contributed by atoms with Gasteiger partial charge in [-0.3, -0.25) is 14.9 Å². The fraction of sp³-hybridized carbons (Fsp3) is 0.412. The Morgan fingerprint density at radius 2 is 1.49 bits per heavy atom. The molecule has 5 aromatic rings. The number of anilines is 4. The number of urea groups is 1. The van der Waals surface area contributed by atoms with Gasteiger partial charge in [0, 0.05) is 71.3 Å². The number of hydrogen-bond acceptors (Lipinski definition) is 11. The summed E-state index contributed by atoms with van der Waals surface area (Å²) in [5.74, 6) is -2.36. The molecule has 4 aromatic heterocycles. The van der Waals surface area contributed by atoms with E-state index in [1.165, 1.54) is 17.0 Å². The van der Waals surface area contributed by atoms with E-state index >= 15 is 13.2 Å². The molecule has 2 aliphatic heterocycles. The summed E-state index contributed by atoms with van der Waals surface area (Å²) in [7, 11) is 3.89. The molecule has 280 valence electrons. The average Bonchev–Trinajstić information content (AvgIpc) is 3.59. The van der Waals surface area contributed by atoms with Crippen LogP contribution < -0.4 is 31.3 Å². The summed E-state index contributed by atoms with van der Waals surface area (Å²) in [5.41, 5.74) is -1.86. The van der Waals surface area contributed by atoms with Gasteiger partial charge in [-0.15, -0.1) is 10.2 Å². The minimum absolute atomic E-state index is 0.000478. The van der Waals surface area contributed by atoms with Crippen molar-refractivity contribution in [1.29, 1.82) is 0 Å². The number of carbonyl (C=O) groups is 1. The molecule has 0 aliphatic carbocycles. The van der Waals surface area contributed by atoms with Crippen LogP contribution in [0.5, 0.6) is 0 Å². The Morgan fingerprint density at radius 1 is 0.830 bits per heavy atom. The van der Waals surface area contributed by atoms with E-state index in [4.69, 9.17) is 0 Å². The van der Waals surface area contributed by atoms with Crippen LogP contribution >= 0.6 is 11.3 Å². The van der Waals surface area contributed by atoms with Crippen LogP contribution in [-0.2, 0) is 13.1 Å². The van der Waals surface area contributed by atoms with Crippen molar-refractivity contribution in [2.45, 2.75) is 20.0 Å². The molecule has 14 nitrogen and oxygen atoms in total. The van der Waals surface area contributed by atoms with Gasteiger partial charge in [0.05, 0.1) is 28.4 Å². The van der Waals surface area contributed by atoms with Crippen molar-refractivity contribution in [3.05, 3.63) is 62.4 Å². The lowest BCUT2D eigenvalue weighted by Crippen LogP contribution is -2.45. The Hall–Kier alpha value is -5.14. The number of aryl methyl sites for hydroxylation is 2. The van der Waals surface area contributed by atoms with Crippen molar-refractivity contribution in [2.24, 2.45) is 0 Å². The largest absolute Gasteiger partial charge is 0.364 e. The Labute approximate surface area is 304 Å². The Bertz CT molecular complexity index is 2330. The molecule has 1 aromatic carbocycles. The molecule has 6 heterocycles. The van der Waals surface area contributed by atoms with Gasteiger partial charge in [0.15, 0.2) is 27.9 Å². The van der Waals surface area contributed by atoms with Crippen molar-refractivity contribution in [1.82, 2.24) is 34.1 Å². The lowest BCUT2D eigenvalue weighted by atomic mass is 10.1. The molecule has 2 amide bonds. The number of halogens is 4. The third kappa shape index (κ3) is 6.91. The predicted molar refractivity (Wildman–Crippen MR) is 197 cm³/mol. The van der Waals surface area contributed by atoms with Crippen molar-refractivity contribution < 1.29 is 22.4 Å². The molecule has 2 N–H and O–H groups in total. The van der Waals surface area contributed by atoms with Crippen LogP contribution in [-0.4, -0.2) is 113 Å². The molecular formula is C34H37F4N11O3S. The second-order valence-corrected chi connectivity index (χ2v) is 14.0. The third-order valence-corrected chi connectivity index (χ3v) is 10.5. The van der Waals surface area contributed by atoms with Crippen molar-refractivity contribution >= 4 is 61.6 Å². The molecule has 0 radical (unpaired) electrons. The van der Waals surface area contributed by atoms with E-state index in [0.717, 1.165) is 36.6 Å². The minimum Gasteiger partial charge on any atom is -0.364 e. The van der Waals surface area contributed by atoms with Crippen LogP contribution in [0.4, 0.5) is 44.7 Å². The quantitative estimate of drug-likeness (QED) is 0.225. The van der Waals surface area contributed by atoms with Gasteiger partial charge in [-0.05, 0) is 33.2 Å². The van der Waals surface area contributed by atoms with Gasteiger partial charge in [0.2, 0.25) is 10.6 Å². The molecule has 7 rings (SSSR count). The number of alkyl halides is 1. The maximum atomic E-state index is 16.0. The zero-order chi connectivity index (χ0) is 37.6. The second kappa shape index (κ2) is 14.7. The van der Waals surface area contributed by atoms with Gasteiger partial charge in [-0.1, -0.05) is 11.3 Å². The number of nitrogens with one attached hydrogen (secondary N) is 2. The summed E-state index contributed by atoms with van der Waals surface area (Å²) in [4.78, 5) is 52.2. The monoisotopic (exact) mass is 755 g/mol. The molecule has 2 aliphatic rings. The Morgan fingerprint density at radius 3 is 2.15 bits per heavy atom. The van der Waals surface area contributed by atoms with Crippen molar-refractivity contribution in [3.8, 4) is 10.6 Å². The van der Waals surface area contributed by atoms with Gasteiger partial charge in [0.25, 0.3) is 0 Å². The topological polar surface area (TPSA) is 137 Å². The number of amides is 2. The van der Waals surface area contributed by atoms with Crippen molar-refractivity contribution in [2.75, 3.05) is 93.6 Å². The summed E-state index contributed by atoms with van der Waals surface area (Å²) in [6, 6.07) is 1.22. The molecular weight excluding hydrogens is 719 g/mol. The van der Waals surface area contributed by atoms with E-state index in [-0.39, 0.29) is 61.4 Å². The van der Waals surface area contributed by atoms with Crippen molar-refractivity contribution in [3.63, 3.8) is 0 Å². The van der Waals surface area contributed by atoms with Gasteiger partial charge >= 0.3 is 6.03 Å². The number of rotatable bonds is 8. The smallest absolute Gasteiger partial charge is 0.325 e. The predicted octanol–water partition coefficient (Wildman–Crippen LogP) is 3.78. The molecule has 0 spiro atoms. The van der Waals surface area contributed by atoms with Gasteiger partial charge in [-0.2, -0.15) is 0 Å². The first-order valence-electron chi connectivity index (χ1n) is 17.1. The maximum Gasteiger partial charge on any atom is 0.325 e. The second-order valence-electron chi connectivity index (χ2n) is 13.1. The lowest BCUT2D eigenvalue weighted by Gasteiger charge is -2.34. The Kier molecular flexibility index (Phi) is 10.1. The first-order valence-corrected chi connectivity index (χ1v) is 17.9. The minimum atomic E-state index is -0.956. The number of fused-ring (bicyclic) bond motifs is 2. The average molecular weight is 756 g/mol. The molecule has 2 saturated heterocycles. The van der Waals surface area contributed by atoms with Crippen LogP contribution in [0.3, 0.4) is 0 Å². The number of nitrogens with zero attached hydrogens (tertiary/aromatic N) is 9. The highest BCUT2D eigenvalue weighted by molar-refractivity contribution is 7.18. The van der Waals surface area contributed by atoms with E-state index < -0.39 is 41.0 Å². The van der Waals surface area contributed by atoms with Crippen LogP contribution in [0.15, 0.2) is 34.1 Å². The number of likely N-dealkylation sites (N-methyl/N-ethyl adjacent to an activating group) is 2. The van der Waals surface area contributed by atoms with Gasteiger partial charge in [0.1, 0.15) is 29.5 Å². The highest BCUT2D eigenvalue weighted by Crippen LogP contribution is 2.33. The number of carbonyl (C=O) groups excluding carboxylic acids is 1. The molecule has 0 atom stereocenters. The third-order valence-electron chi connectivity index (χ3n) is 9.63. The molecule has 0 bridgehead atoms. The normalized spacial score (nSPS) is 15.8. The Balaban J connectivity index is 1.15. The summed E-state index contributed by atoms with van der Waals surface area (Å²) in [5, 5.41) is 12.5. The summed E-state index contributed by atoms with van der Waals surface area (Å²) in [6.45, 7) is 5.55. The number of pyridine rings is 3. The number of piperazine rings is 2. The first kappa shape index (κ1) is 36.2. The molecule has 0 unspecified atom stereocenters. The maximum absolute atomic E-state index is 16.0. The summed E-state index contributed by atoms with van der Waals surface area (Å²) >= 11 is 0.788. The molecule has 0 saturated carbocycles. The number of aromatic nitrogens is 5. The van der Waals surface area contributed by atoms with Crippen LogP contribution in [0.2, 0.25) is 0 Å². The van der Waals surface area contributed by atoms with Crippen LogP contribution in [0.25, 0.3) is 32.5 Å². The lowest BCUT2D eigenvalue weighted by molar-refractivity contribution is 0.262. The van der Waals surface area contributed by atoms with E-state index in [1.54, 1.807) is 9.47 Å².